The van der Waals surface area contributed by atoms with Crippen LogP contribution in [0.1, 0.15) is 87.5 Å². The molecule has 0 amide bonds. The second-order valence-corrected chi connectivity index (χ2v) is 18.7. The predicted octanol–water partition coefficient (Wildman–Crippen LogP) is 7.38. The maximum Gasteiger partial charge on any atom is 0.307 e. The molecule has 5 nitrogen and oxygen atoms in total. The summed E-state index contributed by atoms with van der Waals surface area (Å²) in [5.74, 6) is 8.04. The molecule has 3 rings (SSSR count). The fourth-order valence-corrected chi connectivity index (χ4v) is 10.8. The van der Waals surface area contributed by atoms with Crippen LogP contribution in [0.5, 0.6) is 0 Å². The molecule has 0 saturated heterocycles. The number of ether oxygens (including phenoxy) is 1. The van der Waals surface area contributed by atoms with Gasteiger partial charge in [-0.1, -0.05) is 106 Å². The van der Waals surface area contributed by atoms with Crippen molar-refractivity contribution in [3.63, 3.8) is 0 Å². The van der Waals surface area contributed by atoms with Crippen molar-refractivity contribution in [2.75, 3.05) is 13.7 Å². The molecule has 0 spiro atoms. The molecule has 1 unspecified atom stereocenters. The molecule has 2 aromatic rings. The lowest BCUT2D eigenvalue weighted by molar-refractivity contribution is -0.155. The fourth-order valence-electron chi connectivity index (χ4n) is 6.22. The number of carbonyl (C=O) groups is 1. The lowest BCUT2D eigenvalue weighted by atomic mass is 9.72. The molecule has 0 aliphatic heterocycles. The monoisotopic (exact) mass is 603 g/mol. The van der Waals surface area contributed by atoms with Crippen molar-refractivity contribution in [2.45, 2.75) is 98.1 Å². The molecule has 1 aliphatic rings. The van der Waals surface area contributed by atoms with Gasteiger partial charge < -0.3 is 14.0 Å². The van der Waals surface area contributed by atoms with Crippen LogP contribution in [0.3, 0.4) is 0 Å². The van der Waals surface area contributed by atoms with Crippen molar-refractivity contribution in [3.05, 3.63) is 60.7 Å². The first-order valence-electron chi connectivity index (χ1n) is 15.8. The maximum absolute atomic E-state index is 13.1. The van der Waals surface area contributed by atoms with Gasteiger partial charge in [0.1, 0.15) is 18.4 Å². The second-order valence-electron chi connectivity index (χ2n) is 14.4. The Balaban J connectivity index is 1.90. The molecule has 0 N–H and O–H groups in total. The Hall–Kier alpha value is -2.88. The molecule has 0 heterocycles. The van der Waals surface area contributed by atoms with Crippen LogP contribution < -0.4 is 10.4 Å². The third-order valence-corrected chi connectivity index (χ3v) is 13.1. The average molecular weight is 604 g/mol. The smallest absolute Gasteiger partial charge is 0.307 e. The minimum absolute atomic E-state index is 0.142. The van der Waals surface area contributed by atoms with Gasteiger partial charge in [-0.2, -0.15) is 0 Å². The summed E-state index contributed by atoms with van der Waals surface area (Å²) in [5, 5.41) is 6.65. The number of esters is 1. The normalized spacial score (nSPS) is 18.3. The topological polar surface area (TPSA) is 57.1 Å². The second kappa shape index (κ2) is 15.2. The summed E-state index contributed by atoms with van der Waals surface area (Å²) in [5.41, 5.74) is 0.0148. The minimum Gasteiger partial charge on any atom is -0.460 e. The van der Waals surface area contributed by atoms with Gasteiger partial charge in [0, 0.05) is 18.4 Å². The summed E-state index contributed by atoms with van der Waals surface area (Å²) in [7, 11) is -1.19. The van der Waals surface area contributed by atoms with Crippen LogP contribution in [0.4, 0.5) is 0 Å². The Labute approximate surface area is 261 Å². The van der Waals surface area contributed by atoms with Gasteiger partial charge in [0.15, 0.2) is 0 Å². The highest BCUT2D eigenvalue weighted by Crippen LogP contribution is 2.38. The summed E-state index contributed by atoms with van der Waals surface area (Å²) in [6, 6.07) is 21.2. The summed E-state index contributed by atoms with van der Waals surface area (Å²) in [6.45, 7) is 17.5. The van der Waals surface area contributed by atoms with E-state index in [1.54, 1.807) is 0 Å². The van der Waals surface area contributed by atoms with E-state index in [1.165, 1.54) is 23.9 Å². The van der Waals surface area contributed by atoms with Crippen molar-refractivity contribution in [1.82, 2.24) is 0 Å². The van der Waals surface area contributed by atoms with E-state index in [-0.39, 0.29) is 23.3 Å². The van der Waals surface area contributed by atoms with E-state index in [9.17, 15) is 4.79 Å². The third-order valence-electron chi connectivity index (χ3n) is 8.06. The summed E-state index contributed by atoms with van der Waals surface area (Å²) < 4.78 is 12.9. The number of oxime groups is 1. The first-order valence-corrected chi connectivity index (χ1v) is 17.8. The van der Waals surface area contributed by atoms with E-state index >= 15 is 0 Å². The first-order chi connectivity index (χ1) is 20.2. The van der Waals surface area contributed by atoms with Gasteiger partial charge in [-0.15, -0.1) is 0 Å². The lowest BCUT2D eigenvalue weighted by Gasteiger charge is -2.43. The molecule has 2 aromatic carbocycles. The van der Waals surface area contributed by atoms with Crippen LogP contribution in [-0.2, 0) is 18.8 Å². The summed E-state index contributed by atoms with van der Waals surface area (Å²) >= 11 is 0. The molecule has 1 atom stereocenters. The van der Waals surface area contributed by atoms with Crippen LogP contribution in [0.2, 0.25) is 5.04 Å². The van der Waals surface area contributed by atoms with Crippen molar-refractivity contribution in [3.8, 4) is 11.8 Å². The van der Waals surface area contributed by atoms with Crippen LogP contribution in [0.15, 0.2) is 65.8 Å². The lowest BCUT2D eigenvalue weighted by Crippen LogP contribution is -2.66. The van der Waals surface area contributed by atoms with Gasteiger partial charge in [0.2, 0.25) is 0 Å². The number of benzene rings is 2. The maximum atomic E-state index is 13.1. The molecule has 1 saturated carbocycles. The van der Waals surface area contributed by atoms with E-state index in [1.807, 2.05) is 32.9 Å². The third kappa shape index (κ3) is 9.81. The molecular formula is C37H53NO4Si. The van der Waals surface area contributed by atoms with Crippen LogP contribution in [-0.4, -0.2) is 39.3 Å². The van der Waals surface area contributed by atoms with E-state index < -0.39 is 13.9 Å². The highest BCUT2D eigenvalue weighted by molar-refractivity contribution is 6.99. The molecule has 43 heavy (non-hydrogen) atoms. The average Bonchev–Trinajstić information content (AvgIpc) is 2.90. The molecule has 6 heteroatoms. The Morgan fingerprint density at radius 2 is 1.51 bits per heavy atom. The van der Waals surface area contributed by atoms with Gasteiger partial charge in [-0.3, -0.25) is 4.79 Å². The number of carbonyl (C=O) groups excluding carboxylic acids is 1. The van der Waals surface area contributed by atoms with Crippen molar-refractivity contribution < 1.29 is 18.8 Å². The molecule has 0 radical (unpaired) electrons. The first kappa shape index (κ1) is 34.6. The number of nitrogens with zero attached hydrogens (tertiary/aromatic N) is 1. The van der Waals surface area contributed by atoms with E-state index in [2.05, 4.69) is 100 Å². The van der Waals surface area contributed by atoms with Gasteiger partial charge in [-0.25, -0.2) is 0 Å². The fraction of sp³-hybridized carbons (Fsp3) is 0.568. The number of hydrogen-bond acceptors (Lipinski definition) is 5. The van der Waals surface area contributed by atoms with Crippen LogP contribution in [0, 0.1) is 35.5 Å². The minimum atomic E-state index is -2.73. The summed E-state index contributed by atoms with van der Waals surface area (Å²) in [4.78, 5) is 18.4. The highest BCUT2D eigenvalue weighted by Gasteiger charge is 2.50. The van der Waals surface area contributed by atoms with Crippen molar-refractivity contribution >= 4 is 30.4 Å². The van der Waals surface area contributed by atoms with Crippen LogP contribution >= 0.6 is 0 Å². The SMILES string of the molecule is CO/N=C(\C#CC1CC(CC(C)C)C1)C(CCO[Si](c1ccccc1)(c1ccccc1)C(C)(C)C)CC(=O)OC(C)(C)C. The van der Waals surface area contributed by atoms with Crippen molar-refractivity contribution in [1.29, 1.82) is 0 Å². The van der Waals surface area contributed by atoms with Gasteiger partial charge in [-0.05, 0) is 79.6 Å². The summed E-state index contributed by atoms with van der Waals surface area (Å²) in [6.07, 6.45) is 4.23. The van der Waals surface area contributed by atoms with E-state index in [0.717, 1.165) is 18.8 Å². The molecule has 1 aliphatic carbocycles. The van der Waals surface area contributed by atoms with E-state index in [4.69, 9.17) is 14.0 Å². The highest BCUT2D eigenvalue weighted by atomic mass is 28.4. The Kier molecular flexibility index (Phi) is 12.2. The zero-order chi connectivity index (χ0) is 31.7. The van der Waals surface area contributed by atoms with Crippen LogP contribution in [0.25, 0.3) is 0 Å². The zero-order valence-electron chi connectivity index (χ0n) is 27.9. The Morgan fingerprint density at radius 1 is 0.953 bits per heavy atom. The van der Waals surface area contributed by atoms with Gasteiger partial charge >= 0.3 is 5.97 Å². The predicted molar refractivity (Wildman–Crippen MR) is 180 cm³/mol. The largest absolute Gasteiger partial charge is 0.460 e. The zero-order valence-corrected chi connectivity index (χ0v) is 28.9. The van der Waals surface area contributed by atoms with Gasteiger partial charge in [0.05, 0.1) is 6.42 Å². The van der Waals surface area contributed by atoms with Gasteiger partial charge in [0.25, 0.3) is 8.32 Å². The van der Waals surface area contributed by atoms with Crippen molar-refractivity contribution in [2.24, 2.45) is 28.8 Å². The molecule has 0 bridgehead atoms. The number of rotatable bonds is 12. The molecule has 234 valence electrons. The molecule has 1 fully saturated rings. The van der Waals surface area contributed by atoms with E-state index in [0.29, 0.717) is 30.6 Å². The standard InChI is InChI=1S/C37H53NO4Si/c1-28(2)24-30-25-29(26-30)20-21-34(38-40-9)31(27-35(39)42-36(3,4)5)22-23-41-43(37(6,7)8,32-16-12-10-13-17-32)33-18-14-11-15-19-33/h10-19,28-31H,22-27H2,1-9H3/b38-34+. The Morgan fingerprint density at radius 3 is 1.98 bits per heavy atom. The number of hydrogen-bond donors (Lipinski definition) is 0. The molecular weight excluding hydrogens is 550 g/mol. The Bertz CT molecular complexity index is 1200. The quantitative estimate of drug-likeness (QED) is 0.0835. The molecule has 0 aromatic heterocycles.